The minimum Gasteiger partial charge on any atom is -0.497 e. The Morgan fingerprint density at radius 1 is 1.12 bits per heavy atom. The van der Waals surface area contributed by atoms with Gasteiger partial charge in [-0.2, -0.15) is 0 Å². The van der Waals surface area contributed by atoms with Gasteiger partial charge in [0.05, 0.1) is 25.9 Å². The Morgan fingerprint density at radius 2 is 1.80 bits per heavy atom. The van der Waals surface area contributed by atoms with Crippen LogP contribution in [-0.2, 0) is 4.74 Å². The highest BCUT2D eigenvalue weighted by Gasteiger charge is 2.37. The van der Waals surface area contributed by atoms with Crippen molar-refractivity contribution in [2.75, 3.05) is 53.0 Å². The van der Waals surface area contributed by atoms with Gasteiger partial charge in [0.2, 0.25) is 0 Å². The van der Waals surface area contributed by atoms with E-state index in [1.165, 1.54) is 0 Å². The standard InChI is InChI=1S/C18H28N2O3.2ClH/c1-21-16-3-5-17(6-4-16)22-13-2-11-20-12-14-23-18(15-20)7-9-19-10-8-18;;/h3-6,19H,2,7-15H2,1H3;2*1H. The van der Waals surface area contributed by atoms with Crippen molar-refractivity contribution < 1.29 is 14.2 Å². The Labute approximate surface area is 163 Å². The van der Waals surface area contributed by atoms with Gasteiger partial charge in [0.15, 0.2) is 0 Å². The molecule has 0 aromatic heterocycles. The first kappa shape index (κ1) is 22.3. The zero-order chi connectivity index (χ0) is 16.0. The van der Waals surface area contributed by atoms with Crippen molar-refractivity contribution in [3.63, 3.8) is 0 Å². The van der Waals surface area contributed by atoms with E-state index >= 15 is 0 Å². The first-order chi connectivity index (χ1) is 11.3. The second-order valence-corrected chi connectivity index (χ2v) is 6.44. The summed E-state index contributed by atoms with van der Waals surface area (Å²) in [4.78, 5) is 2.53. The third kappa shape index (κ3) is 6.50. The van der Waals surface area contributed by atoms with Crippen LogP contribution in [0.25, 0.3) is 0 Å². The number of halogens is 2. The highest BCUT2D eigenvalue weighted by molar-refractivity contribution is 5.85. The van der Waals surface area contributed by atoms with Crippen molar-refractivity contribution in [1.82, 2.24) is 10.2 Å². The van der Waals surface area contributed by atoms with Crippen molar-refractivity contribution in [3.8, 4) is 11.5 Å². The summed E-state index contributed by atoms with van der Waals surface area (Å²) in [5, 5.41) is 3.42. The van der Waals surface area contributed by atoms with E-state index in [1.807, 2.05) is 24.3 Å². The van der Waals surface area contributed by atoms with Gasteiger partial charge >= 0.3 is 0 Å². The predicted molar refractivity (Wildman–Crippen MR) is 105 cm³/mol. The normalized spacial score (nSPS) is 19.6. The van der Waals surface area contributed by atoms with Crippen LogP contribution in [0.2, 0.25) is 0 Å². The SMILES string of the molecule is COc1ccc(OCCCN2CCOC3(CCNCC3)C2)cc1.Cl.Cl. The largest absolute Gasteiger partial charge is 0.497 e. The summed E-state index contributed by atoms with van der Waals surface area (Å²) in [7, 11) is 1.67. The molecule has 5 nitrogen and oxygen atoms in total. The minimum atomic E-state index is 0. The van der Waals surface area contributed by atoms with Crippen LogP contribution in [0.5, 0.6) is 11.5 Å². The molecule has 0 bridgehead atoms. The van der Waals surface area contributed by atoms with E-state index in [4.69, 9.17) is 14.2 Å². The van der Waals surface area contributed by atoms with Gasteiger partial charge < -0.3 is 19.5 Å². The van der Waals surface area contributed by atoms with E-state index in [1.54, 1.807) is 7.11 Å². The lowest BCUT2D eigenvalue weighted by Crippen LogP contribution is -2.56. The Balaban J connectivity index is 0.00000156. The number of hydrogen-bond acceptors (Lipinski definition) is 5. The minimum absolute atomic E-state index is 0. The number of rotatable bonds is 6. The van der Waals surface area contributed by atoms with E-state index in [9.17, 15) is 0 Å². The molecule has 1 aromatic carbocycles. The molecule has 7 heteroatoms. The summed E-state index contributed by atoms with van der Waals surface area (Å²) < 4.78 is 17.1. The van der Waals surface area contributed by atoms with Crippen molar-refractivity contribution in [1.29, 1.82) is 0 Å². The second kappa shape index (κ2) is 11.1. The molecule has 144 valence electrons. The Kier molecular flexibility index (Phi) is 9.90. The summed E-state index contributed by atoms with van der Waals surface area (Å²) in [6, 6.07) is 7.77. The monoisotopic (exact) mass is 392 g/mol. The third-order valence-corrected chi connectivity index (χ3v) is 4.79. The Bertz CT molecular complexity index is 476. The number of nitrogens with zero attached hydrogens (tertiary/aromatic N) is 1. The Hall–Kier alpha value is -0.720. The van der Waals surface area contributed by atoms with E-state index in [-0.39, 0.29) is 30.4 Å². The fourth-order valence-corrected chi connectivity index (χ4v) is 3.45. The highest BCUT2D eigenvalue weighted by Crippen LogP contribution is 2.27. The molecule has 0 amide bonds. The van der Waals surface area contributed by atoms with Crippen molar-refractivity contribution in [3.05, 3.63) is 24.3 Å². The van der Waals surface area contributed by atoms with E-state index in [0.717, 1.165) is 76.7 Å². The summed E-state index contributed by atoms with van der Waals surface area (Å²) in [5.41, 5.74) is 0.0976. The molecule has 1 aromatic rings. The molecular formula is C18H30Cl2N2O3. The fourth-order valence-electron chi connectivity index (χ4n) is 3.45. The number of ether oxygens (including phenoxy) is 3. The lowest BCUT2D eigenvalue weighted by molar-refractivity contribution is -0.123. The lowest BCUT2D eigenvalue weighted by Gasteiger charge is -2.45. The first-order valence-electron chi connectivity index (χ1n) is 8.64. The number of piperidine rings is 1. The summed E-state index contributed by atoms with van der Waals surface area (Å²) in [6.07, 6.45) is 3.30. The highest BCUT2D eigenvalue weighted by atomic mass is 35.5. The summed E-state index contributed by atoms with van der Waals surface area (Å²) >= 11 is 0. The quantitative estimate of drug-likeness (QED) is 0.753. The summed E-state index contributed by atoms with van der Waals surface area (Å²) in [5.74, 6) is 1.76. The van der Waals surface area contributed by atoms with E-state index in [0.29, 0.717) is 0 Å². The molecule has 0 saturated carbocycles. The zero-order valence-corrected chi connectivity index (χ0v) is 16.5. The number of nitrogens with one attached hydrogen (secondary N) is 1. The van der Waals surface area contributed by atoms with E-state index < -0.39 is 0 Å². The summed E-state index contributed by atoms with van der Waals surface area (Å²) in [6.45, 7) is 6.95. The molecule has 1 N–H and O–H groups in total. The van der Waals surface area contributed by atoms with Gasteiger partial charge in [-0.15, -0.1) is 24.8 Å². The van der Waals surface area contributed by atoms with Gasteiger partial charge in [-0.25, -0.2) is 0 Å². The van der Waals surface area contributed by atoms with Gasteiger partial charge in [-0.05, 0) is 56.6 Å². The van der Waals surface area contributed by atoms with Gasteiger partial charge in [-0.3, -0.25) is 4.90 Å². The van der Waals surface area contributed by atoms with Crippen LogP contribution < -0.4 is 14.8 Å². The van der Waals surface area contributed by atoms with Crippen LogP contribution in [0.1, 0.15) is 19.3 Å². The van der Waals surface area contributed by atoms with Crippen molar-refractivity contribution in [2.45, 2.75) is 24.9 Å². The fraction of sp³-hybridized carbons (Fsp3) is 0.667. The number of benzene rings is 1. The molecule has 0 unspecified atom stereocenters. The smallest absolute Gasteiger partial charge is 0.119 e. The maximum absolute atomic E-state index is 6.11. The van der Waals surface area contributed by atoms with Crippen LogP contribution in [0.15, 0.2) is 24.3 Å². The number of morpholine rings is 1. The maximum Gasteiger partial charge on any atom is 0.119 e. The Morgan fingerprint density at radius 3 is 2.48 bits per heavy atom. The maximum atomic E-state index is 6.11. The molecule has 2 saturated heterocycles. The average molecular weight is 393 g/mol. The molecule has 2 aliphatic heterocycles. The zero-order valence-electron chi connectivity index (χ0n) is 14.9. The van der Waals surface area contributed by atoms with Crippen molar-refractivity contribution in [2.24, 2.45) is 0 Å². The van der Waals surface area contributed by atoms with Crippen LogP contribution >= 0.6 is 24.8 Å². The molecule has 2 heterocycles. The van der Waals surface area contributed by atoms with Gasteiger partial charge in [0, 0.05) is 19.6 Å². The topological polar surface area (TPSA) is 43.0 Å². The average Bonchev–Trinajstić information content (AvgIpc) is 2.60. The molecule has 0 aliphatic carbocycles. The molecule has 2 aliphatic rings. The number of hydrogen-bond donors (Lipinski definition) is 1. The van der Waals surface area contributed by atoms with Crippen molar-refractivity contribution >= 4 is 24.8 Å². The molecule has 2 fully saturated rings. The van der Waals surface area contributed by atoms with E-state index in [2.05, 4.69) is 10.2 Å². The third-order valence-electron chi connectivity index (χ3n) is 4.79. The van der Waals surface area contributed by atoms with Gasteiger partial charge in [0.1, 0.15) is 11.5 Å². The molecule has 1 spiro atoms. The van der Waals surface area contributed by atoms with Crippen LogP contribution in [-0.4, -0.2) is 63.5 Å². The van der Waals surface area contributed by atoms with Crippen LogP contribution in [0, 0.1) is 0 Å². The first-order valence-corrected chi connectivity index (χ1v) is 8.64. The number of methoxy groups -OCH3 is 1. The van der Waals surface area contributed by atoms with Gasteiger partial charge in [-0.1, -0.05) is 0 Å². The predicted octanol–water partition coefficient (Wildman–Crippen LogP) is 2.76. The molecule has 25 heavy (non-hydrogen) atoms. The van der Waals surface area contributed by atoms with Crippen LogP contribution in [0.4, 0.5) is 0 Å². The molecule has 0 atom stereocenters. The molecule has 0 radical (unpaired) electrons. The van der Waals surface area contributed by atoms with Crippen LogP contribution in [0.3, 0.4) is 0 Å². The second-order valence-electron chi connectivity index (χ2n) is 6.44. The molecular weight excluding hydrogens is 363 g/mol. The lowest BCUT2D eigenvalue weighted by atomic mass is 9.90. The van der Waals surface area contributed by atoms with Gasteiger partial charge in [0.25, 0.3) is 0 Å². The molecule has 3 rings (SSSR count).